The second-order valence-electron chi connectivity index (χ2n) is 5.29. The maximum Gasteiger partial charge on any atom is 0.220 e. The largest absolute Gasteiger partial charge is 0.490 e. The number of hydrogen-bond donors (Lipinski definition) is 1. The summed E-state index contributed by atoms with van der Waals surface area (Å²) in [6, 6.07) is 6.62. The summed E-state index contributed by atoms with van der Waals surface area (Å²) >= 11 is 0. The van der Waals surface area contributed by atoms with E-state index in [0.717, 1.165) is 12.8 Å². The summed E-state index contributed by atoms with van der Waals surface area (Å²) in [4.78, 5) is 24.1. The molecule has 19 heavy (non-hydrogen) atoms. The molecule has 1 saturated carbocycles. The Morgan fingerprint density at radius 2 is 2.11 bits per heavy atom. The number of nitrogens with one attached hydrogen (secondary N) is 1. The van der Waals surface area contributed by atoms with Gasteiger partial charge < -0.3 is 10.1 Å². The highest BCUT2D eigenvalue weighted by atomic mass is 16.5. The lowest BCUT2D eigenvalue weighted by molar-refractivity contribution is -0.123. The number of hydrogen-bond acceptors (Lipinski definition) is 3. The monoisotopic (exact) mass is 259 g/mol. The van der Waals surface area contributed by atoms with E-state index in [0.29, 0.717) is 23.7 Å². The molecule has 1 aliphatic carbocycles. The molecule has 1 unspecified atom stereocenters. The number of para-hydroxylation sites is 1. The van der Waals surface area contributed by atoms with Gasteiger partial charge in [0.2, 0.25) is 5.91 Å². The van der Waals surface area contributed by atoms with Crippen molar-refractivity contribution >= 4 is 11.7 Å². The first kappa shape index (κ1) is 12.2. The van der Waals surface area contributed by atoms with Crippen LogP contribution in [0.5, 0.6) is 5.75 Å². The van der Waals surface area contributed by atoms with Crippen molar-refractivity contribution in [3.8, 4) is 5.75 Å². The average Bonchev–Trinajstić information content (AvgIpc) is 2.38. The van der Waals surface area contributed by atoms with Crippen LogP contribution in [0.1, 0.15) is 36.0 Å². The fourth-order valence-electron chi connectivity index (χ4n) is 2.55. The fraction of sp³-hybridized carbons (Fsp3) is 0.467. The van der Waals surface area contributed by atoms with Gasteiger partial charge in [0.15, 0.2) is 5.78 Å². The Bertz CT molecular complexity index is 508. The van der Waals surface area contributed by atoms with Crippen molar-refractivity contribution in [2.24, 2.45) is 5.92 Å². The van der Waals surface area contributed by atoms with Crippen LogP contribution in [-0.2, 0) is 4.79 Å². The highest BCUT2D eigenvalue weighted by molar-refractivity contribution is 6.04. The van der Waals surface area contributed by atoms with Crippen LogP contribution >= 0.6 is 0 Å². The average molecular weight is 259 g/mol. The molecule has 0 bridgehead atoms. The van der Waals surface area contributed by atoms with Gasteiger partial charge in [-0.05, 0) is 30.9 Å². The highest BCUT2D eigenvalue weighted by Gasteiger charge is 2.30. The van der Waals surface area contributed by atoms with E-state index in [2.05, 4.69) is 5.32 Å². The van der Waals surface area contributed by atoms with Crippen molar-refractivity contribution in [2.75, 3.05) is 6.61 Å². The van der Waals surface area contributed by atoms with Gasteiger partial charge in [0.1, 0.15) is 18.4 Å². The van der Waals surface area contributed by atoms with Crippen molar-refractivity contribution in [1.29, 1.82) is 0 Å². The first-order valence-corrected chi connectivity index (χ1v) is 6.79. The minimum absolute atomic E-state index is 0.0361. The van der Waals surface area contributed by atoms with Gasteiger partial charge in [-0.3, -0.25) is 9.59 Å². The van der Waals surface area contributed by atoms with Crippen LogP contribution in [0.15, 0.2) is 24.3 Å². The lowest BCUT2D eigenvalue weighted by Crippen LogP contribution is -2.47. The lowest BCUT2D eigenvalue weighted by atomic mass is 9.83. The molecular weight excluding hydrogens is 242 g/mol. The van der Waals surface area contributed by atoms with Gasteiger partial charge in [-0.2, -0.15) is 0 Å². The highest BCUT2D eigenvalue weighted by Crippen LogP contribution is 2.29. The summed E-state index contributed by atoms with van der Waals surface area (Å²) in [5, 5.41) is 2.80. The van der Waals surface area contributed by atoms with Crippen molar-refractivity contribution in [2.45, 2.75) is 31.7 Å². The van der Waals surface area contributed by atoms with E-state index >= 15 is 0 Å². The van der Waals surface area contributed by atoms with Gasteiger partial charge in [-0.25, -0.2) is 0 Å². The minimum Gasteiger partial charge on any atom is -0.490 e. The third-order valence-corrected chi connectivity index (χ3v) is 3.91. The summed E-state index contributed by atoms with van der Waals surface area (Å²) < 4.78 is 5.52. The lowest BCUT2D eigenvalue weighted by Gasteiger charge is -2.27. The second-order valence-corrected chi connectivity index (χ2v) is 5.29. The molecule has 1 aromatic rings. The van der Waals surface area contributed by atoms with E-state index < -0.39 is 6.04 Å². The van der Waals surface area contributed by atoms with E-state index in [1.54, 1.807) is 18.2 Å². The maximum atomic E-state index is 12.2. The van der Waals surface area contributed by atoms with Crippen molar-refractivity contribution in [3.05, 3.63) is 29.8 Å². The molecule has 1 heterocycles. The van der Waals surface area contributed by atoms with Crippen LogP contribution in [0, 0.1) is 5.92 Å². The van der Waals surface area contributed by atoms with Gasteiger partial charge in [-0.1, -0.05) is 18.6 Å². The zero-order chi connectivity index (χ0) is 13.2. The van der Waals surface area contributed by atoms with Crippen LogP contribution in [0.4, 0.5) is 0 Å². The van der Waals surface area contributed by atoms with E-state index in [9.17, 15) is 9.59 Å². The number of ether oxygens (including phenoxy) is 1. The van der Waals surface area contributed by atoms with Crippen LogP contribution in [0.3, 0.4) is 0 Å². The molecule has 1 fully saturated rings. The molecule has 0 spiro atoms. The molecule has 0 radical (unpaired) electrons. The second kappa shape index (κ2) is 5.03. The number of carbonyl (C=O) groups is 2. The van der Waals surface area contributed by atoms with Crippen LogP contribution in [-0.4, -0.2) is 24.3 Å². The molecule has 0 aromatic heterocycles. The number of ketones is 1. The Hall–Kier alpha value is -1.84. The Balaban J connectivity index is 1.63. The Kier molecular flexibility index (Phi) is 3.23. The Morgan fingerprint density at radius 1 is 1.32 bits per heavy atom. The number of fused-ring (bicyclic) bond motifs is 1. The Morgan fingerprint density at radius 3 is 2.84 bits per heavy atom. The first-order valence-electron chi connectivity index (χ1n) is 6.79. The zero-order valence-corrected chi connectivity index (χ0v) is 10.7. The van der Waals surface area contributed by atoms with Crippen LogP contribution in [0.25, 0.3) is 0 Å². The number of benzene rings is 1. The molecule has 1 amide bonds. The van der Waals surface area contributed by atoms with Crippen molar-refractivity contribution in [1.82, 2.24) is 5.32 Å². The quantitative estimate of drug-likeness (QED) is 0.902. The van der Waals surface area contributed by atoms with E-state index in [1.165, 1.54) is 6.42 Å². The number of carbonyl (C=O) groups excluding carboxylic acids is 2. The topological polar surface area (TPSA) is 55.4 Å². The van der Waals surface area contributed by atoms with Gasteiger partial charge in [0, 0.05) is 6.42 Å². The number of Topliss-reactive ketones (excluding diaryl/α,β-unsaturated/α-hetero) is 1. The van der Waals surface area contributed by atoms with Gasteiger partial charge in [0.05, 0.1) is 5.56 Å². The van der Waals surface area contributed by atoms with E-state index in [4.69, 9.17) is 4.74 Å². The molecular formula is C15H17NO3. The number of rotatable bonds is 3. The summed E-state index contributed by atoms with van der Waals surface area (Å²) in [6.07, 6.45) is 4.01. The molecule has 1 aliphatic heterocycles. The molecule has 1 atom stereocenters. The van der Waals surface area contributed by atoms with E-state index in [1.807, 2.05) is 6.07 Å². The molecule has 4 nitrogen and oxygen atoms in total. The summed E-state index contributed by atoms with van der Waals surface area (Å²) in [7, 11) is 0. The van der Waals surface area contributed by atoms with Gasteiger partial charge >= 0.3 is 0 Å². The molecule has 2 aliphatic rings. The summed E-state index contributed by atoms with van der Waals surface area (Å²) in [5.74, 6) is 1.03. The zero-order valence-electron chi connectivity index (χ0n) is 10.7. The maximum absolute atomic E-state index is 12.2. The standard InChI is InChI=1S/C15H17NO3/c17-14(8-10-4-3-5-10)16-12-9-19-13-7-2-1-6-11(13)15(12)18/h1-2,6-7,10,12H,3-5,8-9H2,(H,16,17). The molecule has 1 N–H and O–H groups in total. The number of amides is 1. The smallest absolute Gasteiger partial charge is 0.220 e. The molecule has 3 rings (SSSR count). The predicted molar refractivity (Wildman–Crippen MR) is 70.2 cm³/mol. The predicted octanol–water partition coefficient (Wildman–Crippen LogP) is 1.94. The normalized spacial score (nSPS) is 22.1. The first-order chi connectivity index (χ1) is 9.24. The third-order valence-electron chi connectivity index (χ3n) is 3.91. The van der Waals surface area contributed by atoms with Gasteiger partial charge in [0.25, 0.3) is 0 Å². The fourth-order valence-corrected chi connectivity index (χ4v) is 2.55. The van der Waals surface area contributed by atoms with E-state index in [-0.39, 0.29) is 18.3 Å². The van der Waals surface area contributed by atoms with Crippen molar-refractivity contribution < 1.29 is 14.3 Å². The molecule has 1 aromatic carbocycles. The van der Waals surface area contributed by atoms with Crippen LogP contribution in [0.2, 0.25) is 0 Å². The summed E-state index contributed by atoms with van der Waals surface area (Å²) in [6.45, 7) is 0.228. The molecule has 4 heteroatoms. The molecule has 0 saturated heterocycles. The SMILES string of the molecule is O=C(CC1CCC1)NC1COc2ccccc2C1=O. The van der Waals surface area contributed by atoms with Crippen molar-refractivity contribution in [3.63, 3.8) is 0 Å². The Labute approximate surface area is 112 Å². The molecule has 100 valence electrons. The third kappa shape index (κ3) is 2.48. The summed E-state index contributed by atoms with van der Waals surface area (Å²) in [5.41, 5.74) is 0.558. The minimum atomic E-state index is -0.539. The van der Waals surface area contributed by atoms with Crippen LogP contribution < -0.4 is 10.1 Å². The van der Waals surface area contributed by atoms with Gasteiger partial charge in [-0.15, -0.1) is 0 Å².